The molecule has 5 nitrogen and oxygen atoms in total. The molecule has 0 fully saturated rings. The van der Waals surface area contributed by atoms with Crippen LogP contribution in [0.3, 0.4) is 0 Å². The molecule has 0 bridgehead atoms. The van der Waals surface area contributed by atoms with E-state index in [-0.39, 0.29) is 12.5 Å². The van der Waals surface area contributed by atoms with Crippen molar-refractivity contribution in [2.75, 3.05) is 33.8 Å². The van der Waals surface area contributed by atoms with E-state index >= 15 is 0 Å². The molecule has 1 N–H and O–H groups in total. The van der Waals surface area contributed by atoms with Crippen molar-refractivity contribution in [2.24, 2.45) is 0 Å². The van der Waals surface area contributed by atoms with Crippen LogP contribution in [0.2, 0.25) is 0 Å². The van der Waals surface area contributed by atoms with Crippen molar-refractivity contribution in [2.45, 2.75) is 32.1 Å². The first-order valence-corrected chi connectivity index (χ1v) is 7.68. The predicted molar refractivity (Wildman–Crippen MR) is 82.6 cm³/mol. The lowest BCUT2D eigenvalue weighted by Gasteiger charge is -2.18. The molecule has 0 saturated heterocycles. The number of aryl methyl sites for hydroxylation is 1. The molecule has 0 aromatic carbocycles. The Bertz CT molecular complexity index is 475. The Morgan fingerprint density at radius 2 is 2.19 bits per heavy atom. The van der Waals surface area contributed by atoms with E-state index in [1.807, 2.05) is 20.2 Å². The van der Waals surface area contributed by atoms with Gasteiger partial charge in [-0.25, -0.2) is 0 Å². The summed E-state index contributed by atoms with van der Waals surface area (Å²) in [6.45, 7) is 1.74. The lowest BCUT2D eigenvalue weighted by Crippen LogP contribution is -2.31. The highest BCUT2D eigenvalue weighted by Crippen LogP contribution is 2.27. The third kappa shape index (κ3) is 5.01. The average molecular weight is 291 g/mol. The molecule has 21 heavy (non-hydrogen) atoms. The van der Waals surface area contributed by atoms with Gasteiger partial charge in [0.15, 0.2) is 6.61 Å². The smallest absolute Gasteiger partial charge is 0.257 e. The largest absolute Gasteiger partial charge is 0.483 e. The van der Waals surface area contributed by atoms with Crippen LogP contribution in [0.25, 0.3) is 0 Å². The molecule has 1 amide bonds. The maximum atomic E-state index is 11.8. The van der Waals surface area contributed by atoms with Crippen LogP contribution in [0.5, 0.6) is 5.75 Å². The van der Waals surface area contributed by atoms with E-state index in [1.54, 1.807) is 6.20 Å². The van der Waals surface area contributed by atoms with Gasteiger partial charge in [-0.2, -0.15) is 0 Å². The van der Waals surface area contributed by atoms with Gasteiger partial charge in [0.05, 0.1) is 0 Å². The fourth-order valence-corrected chi connectivity index (χ4v) is 2.55. The molecule has 0 unspecified atom stereocenters. The van der Waals surface area contributed by atoms with E-state index < -0.39 is 0 Å². The van der Waals surface area contributed by atoms with Gasteiger partial charge in [0.1, 0.15) is 5.75 Å². The Labute approximate surface area is 126 Å². The first kappa shape index (κ1) is 15.8. The number of nitrogens with zero attached hydrogens (tertiary/aromatic N) is 2. The maximum absolute atomic E-state index is 11.8. The lowest BCUT2D eigenvalue weighted by molar-refractivity contribution is -0.123. The standard InChI is InChI=1S/C16H25N3O2/c1-19(2)11-5-9-18-16(20)12-21-15-8-10-17-14-7-4-3-6-13(14)15/h8,10H,3-7,9,11-12H2,1-2H3,(H,18,20). The van der Waals surface area contributed by atoms with Crippen LogP contribution >= 0.6 is 0 Å². The summed E-state index contributed by atoms with van der Waals surface area (Å²) in [5, 5.41) is 2.88. The Hall–Kier alpha value is -1.62. The van der Waals surface area contributed by atoms with Crippen LogP contribution in [0.15, 0.2) is 12.3 Å². The molecular formula is C16H25N3O2. The summed E-state index contributed by atoms with van der Waals surface area (Å²) in [6.07, 6.45) is 7.10. The zero-order valence-electron chi connectivity index (χ0n) is 13.0. The Balaban J connectivity index is 1.76. The molecule has 5 heteroatoms. The number of ether oxygens (including phenoxy) is 1. The molecule has 116 valence electrons. The van der Waals surface area contributed by atoms with Crippen molar-refractivity contribution >= 4 is 5.91 Å². The van der Waals surface area contributed by atoms with Gasteiger partial charge < -0.3 is 15.0 Å². The second kappa shape index (κ2) is 7.98. The second-order valence-electron chi connectivity index (χ2n) is 5.74. The molecule has 1 aromatic rings. The summed E-state index contributed by atoms with van der Waals surface area (Å²) < 4.78 is 5.68. The highest BCUT2D eigenvalue weighted by atomic mass is 16.5. The number of pyridine rings is 1. The normalized spacial score (nSPS) is 13.9. The van der Waals surface area contributed by atoms with Crippen molar-refractivity contribution in [3.8, 4) is 5.75 Å². The predicted octanol–water partition coefficient (Wildman–Crippen LogP) is 1.41. The third-order valence-corrected chi connectivity index (χ3v) is 3.66. The minimum atomic E-state index is -0.0601. The fourth-order valence-electron chi connectivity index (χ4n) is 2.55. The quantitative estimate of drug-likeness (QED) is 0.772. The van der Waals surface area contributed by atoms with E-state index in [4.69, 9.17) is 4.74 Å². The van der Waals surface area contributed by atoms with Crippen molar-refractivity contribution in [3.05, 3.63) is 23.5 Å². The first-order valence-electron chi connectivity index (χ1n) is 7.68. The van der Waals surface area contributed by atoms with Crippen molar-refractivity contribution in [1.29, 1.82) is 0 Å². The molecule has 0 saturated carbocycles. The van der Waals surface area contributed by atoms with Crippen molar-refractivity contribution in [3.63, 3.8) is 0 Å². The summed E-state index contributed by atoms with van der Waals surface area (Å²) in [6, 6.07) is 1.86. The SMILES string of the molecule is CN(C)CCCNC(=O)COc1ccnc2c1CCCC2. The molecule has 0 spiro atoms. The average Bonchev–Trinajstić information content (AvgIpc) is 2.49. The van der Waals surface area contributed by atoms with Crippen LogP contribution in [0.1, 0.15) is 30.5 Å². The number of carbonyl (C=O) groups excluding carboxylic acids is 1. The zero-order valence-corrected chi connectivity index (χ0v) is 13.0. The van der Waals surface area contributed by atoms with Gasteiger partial charge in [0.2, 0.25) is 0 Å². The topological polar surface area (TPSA) is 54.5 Å². The van der Waals surface area contributed by atoms with Crippen molar-refractivity contribution < 1.29 is 9.53 Å². The highest BCUT2D eigenvalue weighted by molar-refractivity contribution is 5.77. The summed E-state index contributed by atoms with van der Waals surface area (Å²) in [7, 11) is 4.05. The Kier molecular flexibility index (Phi) is 5.99. The third-order valence-electron chi connectivity index (χ3n) is 3.66. The van der Waals surface area contributed by atoms with Gasteiger partial charge in [-0.3, -0.25) is 9.78 Å². The minimum Gasteiger partial charge on any atom is -0.483 e. The Morgan fingerprint density at radius 3 is 3.00 bits per heavy atom. The van der Waals surface area contributed by atoms with E-state index in [0.29, 0.717) is 6.54 Å². The molecule has 0 radical (unpaired) electrons. The fraction of sp³-hybridized carbons (Fsp3) is 0.625. The number of aromatic nitrogens is 1. The molecule has 1 aliphatic carbocycles. The zero-order chi connectivity index (χ0) is 15.1. The molecule has 0 atom stereocenters. The number of rotatable bonds is 7. The molecule has 0 aliphatic heterocycles. The second-order valence-corrected chi connectivity index (χ2v) is 5.74. The van der Waals surface area contributed by atoms with Gasteiger partial charge in [0, 0.05) is 24.0 Å². The number of fused-ring (bicyclic) bond motifs is 1. The molecule has 2 rings (SSSR count). The molecular weight excluding hydrogens is 266 g/mol. The summed E-state index contributed by atoms with van der Waals surface area (Å²) >= 11 is 0. The number of amides is 1. The van der Waals surface area contributed by atoms with Gasteiger partial charge in [-0.05, 0) is 58.8 Å². The summed E-state index contributed by atoms with van der Waals surface area (Å²) in [5.74, 6) is 0.762. The highest BCUT2D eigenvalue weighted by Gasteiger charge is 2.15. The van der Waals surface area contributed by atoms with Crippen molar-refractivity contribution in [1.82, 2.24) is 15.2 Å². The minimum absolute atomic E-state index is 0.0601. The van der Waals surface area contributed by atoms with E-state index in [9.17, 15) is 4.79 Å². The number of hydrogen-bond donors (Lipinski definition) is 1. The van der Waals surface area contributed by atoms with E-state index in [2.05, 4.69) is 15.2 Å². The summed E-state index contributed by atoms with van der Waals surface area (Å²) in [4.78, 5) is 18.3. The monoisotopic (exact) mass is 291 g/mol. The van der Waals surface area contributed by atoms with Gasteiger partial charge in [0.25, 0.3) is 5.91 Å². The number of hydrogen-bond acceptors (Lipinski definition) is 4. The maximum Gasteiger partial charge on any atom is 0.257 e. The summed E-state index contributed by atoms with van der Waals surface area (Å²) in [5.41, 5.74) is 2.31. The van der Waals surface area contributed by atoms with Gasteiger partial charge in [-0.15, -0.1) is 0 Å². The van der Waals surface area contributed by atoms with Gasteiger partial charge >= 0.3 is 0 Å². The molecule has 1 heterocycles. The number of carbonyl (C=O) groups is 1. The van der Waals surface area contributed by atoms with Gasteiger partial charge in [-0.1, -0.05) is 0 Å². The molecule has 1 aliphatic rings. The number of nitrogens with one attached hydrogen (secondary N) is 1. The first-order chi connectivity index (χ1) is 10.2. The Morgan fingerprint density at radius 1 is 1.38 bits per heavy atom. The van der Waals surface area contributed by atoms with Crippen LogP contribution in [0.4, 0.5) is 0 Å². The lowest BCUT2D eigenvalue weighted by atomic mass is 9.95. The van der Waals surface area contributed by atoms with Crippen LogP contribution in [-0.4, -0.2) is 49.6 Å². The van der Waals surface area contributed by atoms with Crippen LogP contribution in [-0.2, 0) is 17.6 Å². The van der Waals surface area contributed by atoms with Crippen LogP contribution < -0.4 is 10.1 Å². The van der Waals surface area contributed by atoms with Crippen LogP contribution in [0, 0.1) is 0 Å². The van der Waals surface area contributed by atoms with E-state index in [0.717, 1.165) is 37.3 Å². The molecule has 1 aromatic heterocycles. The van der Waals surface area contributed by atoms with E-state index in [1.165, 1.54) is 18.4 Å².